The van der Waals surface area contributed by atoms with Crippen LogP contribution in [0.2, 0.25) is 0 Å². The maximum atomic E-state index is 12.2. The van der Waals surface area contributed by atoms with Crippen molar-refractivity contribution in [2.24, 2.45) is 0 Å². The number of ketones is 1. The number of rotatable bonds is 25. The molecule has 3 N–H and O–H groups in total. The fourth-order valence-electron chi connectivity index (χ4n) is 4.98. The first-order chi connectivity index (χ1) is 23.6. The molecule has 1 aromatic heterocycles. The second kappa shape index (κ2) is 21.3. The van der Waals surface area contributed by atoms with Gasteiger partial charge in [-0.05, 0) is 32.3 Å². The molecule has 49 heavy (non-hydrogen) atoms. The Morgan fingerprint density at radius 3 is 2.29 bits per heavy atom. The van der Waals surface area contributed by atoms with Gasteiger partial charge in [0.25, 0.3) is 11.4 Å². The van der Waals surface area contributed by atoms with Crippen molar-refractivity contribution < 1.29 is 43.2 Å². The Morgan fingerprint density at radius 1 is 0.918 bits per heavy atom. The van der Waals surface area contributed by atoms with Crippen molar-refractivity contribution in [1.82, 2.24) is 20.2 Å². The summed E-state index contributed by atoms with van der Waals surface area (Å²) >= 11 is 0. The zero-order valence-electron chi connectivity index (χ0n) is 27.6. The lowest BCUT2D eigenvalue weighted by molar-refractivity contribution is -0.393. The Kier molecular flexibility index (Phi) is 16.9. The standard InChI is InChI=1S/C31H45N7O11/c1-23-27(35-30(40)34-23)8-4-2-3-6-26(39)7-5-13-46-14-15-47-16-17-48-18-19-49-31(41)36-21-24(33-22-36)11-12-32-28-10-9-25(37(42)43)20-29(28)38(44)45/h9-10,20-23,27,32H,2-8,11-19H2,1H3,(H2,34,35,40). The van der Waals surface area contributed by atoms with Crippen molar-refractivity contribution in [3.8, 4) is 0 Å². The molecule has 0 bridgehead atoms. The number of carbonyl (C=O) groups excluding carboxylic acids is 3. The van der Waals surface area contributed by atoms with Crippen LogP contribution in [-0.4, -0.2) is 102 Å². The number of unbranched alkanes of at least 4 members (excludes halogenated alkanes) is 2. The van der Waals surface area contributed by atoms with Crippen LogP contribution in [0.5, 0.6) is 0 Å². The van der Waals surface area contributed by atoms with E-state index in [4.69, 9.17) is 18.9 Å². The number of benzene rings is 1. The maximum Gasteiger partial charge on any atom is 0.419 e. The van der Waals surface area contributed by atoms with Crippen LogP contribution in [0.4, 0.5) is 26.7 Å². The molecular formula is C31H45N7O11. The first-order valence-electron chi connectivity index (χ1n) is 16.3. The molecule has 0 aliphatic carbocycles. The summed E-state index contributed by atoms with van der Waals surface area (Å²) in [5.74, 6) is 0.240. The third-order valence-corrected chi connectivity index (χ3v) is 7.62. The number of amides is 2. The van der Waals surface area contributed by atoms with Gasteiger partial charge in [-0.3, -0.25) is 25.0 Å². The molecule has 1 aromatic carbocycles. The van der Waals surface area contributed by atoms with Crippen molar-refractivity contribution >= 4 is 35.0 Å². The summed E-state index contributed by atoms with van der Waals surface area (Å²) in [6.45, 7) is 4.38. The lowest BCUT2D eigenvalue weighted by atomic mass is 10.0. The molecule has 1 aliphatic heterocycles. The Balaban J connectivity index is 1.11. The maximum absolute atomic E-state index is 12.2. The first kappa shape index (κ1) is 38.8. The summed E-state index contributed by atoms with van der Waals surface area (Å²) in [6.07, 6.45) is 7.93. The number of nitrogens with one attached hydrogen (secondary N) is 3. The van der Waals surface area contributed by atoms with Crippen molar-refractivity contribution in [2.45, 2.75) is 70.4 Å². The molecular weight excluding hydrogens is 646 g/mol. The van der Waals surface area contributed by atoms with E-state index in [9.17, 15) is 34.6 Å². The number of hydrogen-bond acceptors (Lipinski definition) is 13. The fraction of sp³-hybridized carbons (Fsp3) is 0.613. The van der Waals surface area contributed by atoms with Crippen LogP contribution in [0.1, 0.15) is 57.6 Å². The molecule has 2 atom stereocenters. The molecule has 3 rings (SSSR count). The number of aromatic nitrogens is 2. The van der Waals surface area contributed by atoms with E-state index in [1.54, 1.807) is 0 Å². The highest BCUT2D eigenvalue weighted by Crippen LogP contribution is 2.28. The predicted octanol–water partition coefficient (Wildman–Crippen LogP) is 3.76. The minimum atomic E-state index is -0.705. The number of nitro groups is 2. The molecule has 1 fully saturated rings. The molecule has 18 heteroatoms. The van der Waals surface area contributed by atoms with Gasteiger partial charge in [0.05, 0.1) is 60.7 Å². The topological polar surface area (TPSA) is 228 Å². The number of hydrogen-bond donors (Lipinski definition) is 3. The van der Waals surface area contributed by atoms with E-state index in [-0.39, 0.29) is 55.0 Å². The number of anilines is 1. The lowest BCUT2D eigenvalue weighted by Crippen LogP contribution is -2.30. The SMILES string of the molecule is CC1NC(=O)NC1CCCCCC(=O)CCCOCCOCCOCCOC(=O)n1cnc(CCNc2ccc([N+](=O)[O-])cc2[N+](=O)[O-])c1. The normalized spacial score (nSPS) is 15.4. The number of urea groups is 1. The van der Waals surface area contributed by atoms with E-state index in [1.165, 1.54) is 29.2 Å². The Morgan fingerprint density at radius 2 is 1.61 bits per heavy atom. The molecule has 1 aliphatic rings. The predicted molar refractivity (Wildman–Crippen MR) is 176 cm³/mol. The Bertz CT molecular complexity index is 1390. The van der Waals surface area contributed by atoms with Crippen LogP contribution in [0.25, 0.3) is 0 Å². The zero-order valence-corrected chi connectivity index (χ0v) is 27.6. The highest BCUT2D eigenvalue weighted by molar-refractivity contribution is 5.78. The van der Waals surface area contributed by atoms with Crippen LogP contribution in [0, 0.1) is 20.2 Å². The van der Waals surface area contributed by atoms with Gasteiger partial charge in [0.2, 0.25) is 0 Å². The molecule has 2 aromatic rings. The summed E-state index contributed by atoms with van der Waals surface area (Å²) < 4.78 is 22.7. The van der Waals surface area contributed by atoms with Crippen molar-refractivity contribution in [3.63, 3.8) is 0 Å². The molecule has 0 radical (unpaired) electrons. The summed E-state index contributed by atoms with van der Waals surface area (Å²) in [5, 5.41) is 30.7. The number of Topliss-reactive ketones (excluding diaryl/α,β-unsaturated/α-hetero) is 1. The number of non-ortho nitro benzene ring substituents is 1. The Hall–Kier alpha value is -4.68. The minimum absolute atomic E-state index is 0.0245. The zero-order chi connectivity index (χ0) is 35.4. The van der Waals surface area contributed by atoms with E-state index in [0.717, 1.165) is 31.7 Å². The Labute approximate surface area is 283 Å². The van der Waals surface area contributed by atoms with Crippen LogP contribution in [-0.2, 0) is 30.2 Å². The summed E-state index contributed by atoms with van der Waals surface area (Å²) in [4.78, 5) is 60.4. The van der Waals surface area contributed by atoms with E-state index in [1.807, 2.05) is 6.92 Å². The van der Waals surface area contributed by atoms with Crippen molar-refractivity contribution in [3.05, 3.63) is 56.6 Å². The second-order valence-electron chi connectivity index (χ2n) is 11.4. The van der Waals surface area contributed by atoms with E-state index >= 15 is 0 Å². The van der Waals surface area contributed by atoms with Gasteiger partial charge in [0.15, 0.2) is 0 Å². The smallest absolute Gasteiger partial charge is 0.419 e. The number of carbonyl (C=O) groups is 3. The van der Waals surface area contributed by atoms with Gasteiger partial charge in [0.1, 0.15) is 24.4 Å². The third kappa shape index (κ3) is 14.5. The van der Waals surface area contributed by atoms with Gasteiger partial charge < -0.3 is 34.9 Å². The molecule has 2 unspecified atom stereocenters. The van der Waals surface area contributed by atoms with E-state index in [0.29, 0.717) is 64.4 Å². The van der Waals surface area contributed by atoms with Crippen LogP contribution in [0.3, 0.4) is 0 Å². The quantitative estimate of drug-likeness (QED) is 0.0766. The summed E-state index contributed by atoms with van der Waals surface area (Å²) in [5.41, 5.74) is -0.131. The number of imidazole rings is 1. The summed E-state index contributed by atoms with van der Waals surface area (Å²) in [7, 11) is 0. The van der Waals surface area contributed by atoms with E-state index in [2.05, 4.69) is 20.9 Å². The average Bonchev–Trinajstić information content (AvgIpc) is 3.67. The van der Waals surface area contributed by atoms with Crippen LogP contribution in [0.15, 0.2) is 30.7 Å². The van der Waals surface area contributed by atoms with Gasteiger partial charge in [-0.2, -0.15) is 0 Å². The number of nitro benzene ring substituents is 2. The van der Waals surface area contributed by atoms with Gasteiger partial charge in [-0.15, -0.1) is 0 Å². The third-order valence-electron chi connectivity index (χ3n) is 7.62. The van der Waals surface area contributed by atoms with Gasteiger partial charge >= 0.3 is 12.1 Å². The average molecular weight is 692 g/mol. The highest BCUT2D eigenvalue weighted by Gasteiger charge is 2.27. The molecule has 1 saturated heterocycles. The molecule has 0 spiro atoms. The van der Waals surface area contributed by atoms with Crippen molar-refractivity contribution in [2.75, 3.05) is 58.1 Å². The molecule has 2 amide bonds. The largest absolute Gasteiger partial charge is 0.446 e. The molecule has 2 heterocycles. The van der Waals surface area contributed by atoms with Gasteiger partial charge in [0, 0.05) is 50.7 Å². The fourth-order valence-corrected chi connectivity index (χ4v) is 4.98. The summed E-state index contributed by atoms with van der Waals surface area (Å²) in [6, 6.07) is 3.54. The van der Waals surface area contributed by atoms with Crippen LogP contribution >= 0.6 is 0 Å². The molecule has 18 nitrogen and oxygen atoms in total. The number of ether oxygens (including phenoxy) is 4. The number of nitrogens with zero attached hydrogens (tertiary/aromatic N) is 4. The lowest BCUT2D eigenvalue weighted by Gasteiger charge is -2.13. The molecule has 270 valence electrons. The molecule has 0 saturated carbocycles. The van der Waals surface area contributed by atoms with Gasteiger partial charge in [-0.25, -0.2) is 19.1 Å². The second-order valence-corrected chi connectivity index (χ2v) is 11.4. The monoisotopic (exact) mass is 691 g/mol. The van der Waals surface area contributed by atoms with E-state index < -0.39 is 21.6 Å². The highest BCUT2D eigenvalue weighted by atomic mass is 16.6. The van der Waals surface area contributed by atoms with Crippen LogP contribution < -0.4 is 16.0 Å². The van der Waals surface area contributed by atoms with Gasteiger partial charge in [-0.1, -0.05) is 12.8 Å². The first-order valence-corrected chi connectivity index (χ1v) is 16.3. The van der Waals surface area contributed by atoms with Crippen molar-refractivity contribution in [1.29, 1.82) is 0 Å². The minimum Gasteiger partial charge on any atom is -0.446 e.